The van der Waals surface area contributed by atoms with E-state index in [0.29, 0.717) is 5.75 Å². The SMILES string of the molecule is C=CCOS(=O)(=O)O.O=C(CO)Oc1ccccc1. The van der Waals surface area contributed by atoms with E-state index in [1.807, 2.05) is 6.07 Å². The second kappa shape index (κ2) is 9.22. The fraction of sp³-hybridized carbons (Fsp3) is 0.182. The van der Waals surface area contributed by atoms with Crippen molar-refractivity contribution in [3.05, 3.63) is 43.0 Å². The zero-order valence-electron chi connectivity index (χ0n) is 9.93. The fourth-order valence-electron chi connectivity index (χ4n) is 0.786. The summed E-state index contributed by atoms with van der Waals surface area (Å²) in [5.74, 6) is -0.192. The Bertz CT molecular complexity index is 481. The quantitative estimate of drug-likeness (QED) is 0.353. The van der Waals surface area contributed by atoms with Gasteiger partial charge in [-0.2, -0.15) is 8.42 Å². The van der Waals surface area contributed by atoms with Crippen molar-refractivity contribution in [2.24, 2.45) is 0 Å². The molecule has 0 atom stereocenters. The summed E-state index contributed by atoms with van der Waals surface area (Å²) < 4.78 is 35.7. The molecule has 1 aromatic carbocycles. The standard InChI is InChI=1S/C8H8O3.C3H6O4S/c9-6-8(10)11-7-4-2-1-3-5-7;1-2-3-7-8(4,5)6/h1-5,9H,6H2;2H,1,3H2,(H,4,5,6). The highest BCUT2D eigenvalue weighted by molar-refractivity contribution is 7.80. The summed E-state index contributed by atoms with van der Waals surface area (Å²) in [5, 5.41) is 8.32. The molecule has 0 aliphatic heterocycles. The van der Waals surface area contributed by atoms with Gasteiger partial charge in [0.1, 0.15) is 12.4 Å². The topological polar surface area (TPSA) is 110 Å². The number of hydrogen-bond donors (Lipinski definition) is 2. The van der Waals surface area contributed by atoms with Crippen LogP contribution in [0, 0.1) is 0 Å². The highest BCUT2D eigenvalue weighted by atomic mass is 32.3. The highest BCUT2D eigenvalue weighted by Gasteiger charge is 2.00. The van der Waals surface area contributed by atoms with Gasteiger partial charge in [-0.25, -0.2) is 8.98 Å². The number of para-hydroxylation sites is 1. The maximum atomic E-state index is 10.5. The number of carbonyl (C=O) groups excluding carboxylic acids is 1. The van der Waals surface area contributed by atoms with E-state index in [1.165, 1.54) is 6.08 Å². The van der Waals surface area contributed by atoms with Crippen LogP contribution in [-0.4, -0.2) is 37.3 Å². The molecule has 0 saturated carbocycles. The maximum Gasteiger partial charge on any atom is 0.397 e. The van der Waals surface area contributed by atoms with Gasteiger partial charge in [0.05, 0.1) is 6.61 Å². The van der Waals surface area contributed by atoms with Crippen molar-refractivity contribution in [3.8, 4) is 5.75 Å². The number of hydrogen-bond acceptors (Lipinski definition) is 6. The van der Waals surface area contributed by atoms with Gasteiger partial charge >= 0.3 is 16.4 Å². The second-order valence-corrected chi connectivity index (χ2v) is 4.04. The van der Waals surface area contributed by atoms with Crippen molar-refractivity contribution in [3.63, 3.8) is 0 Å². The van der Waals surface area contributed by atoms with E-state index >= 15 is 0 Å². The Kier molecular flexibility index (Phi) is 8.38. The normalized spacial score (nSPS) is 10.0. The third kappa shape index (κ3) is 11.1. The van der Waals surface area contributed by atoms with Crippen LogP contribution in [0.25, 0.3) is 0 Å². The van der Waals surface area contributed by atoms with E-state index in [1.54, 1.807) is 24.3 Å². The number of benzene rings is 1. The van der Waals surface area contributed by atoms with Crippen molar-refractivity contribution in [1.82, 2.24) is 0 Å². The fourth-order valence-corrected chi connectivity index (χ4v) is 1.05. The van der Waals surface area contributed by atoms with Gasteiger partial charge < -0.3 is 9.84 Å². The highest BCUT2D eigenvalue weighted by Crippen LogP contribution is 2.07. The Hall–Kier alpha value is -1.74. The van der Waals surface area contributed by atoms with Gasteiger partial charge in [-0.05, 0) is 12.1 Å². The van der Waals surface area contributed by atoms with E-state index < -0.39 is 23.0 Å². The molecule has 0 spiro atoms. The van der Waals surface area contributed by atoms with Gasteiger partial charge in [-0.3, -0.25) is 4.55 Å². The van der Waals surface area contributed by atoms with Gasteiger partial charge in [-0.15, -0.1) is 6.58 Å². The minimum atomic E-state index is -4.26. The van der Waals surface area contributed by atoms with Crippen molar-refractivity contribution in [1.29, 1.82) is 0 Å². The summed E-state index contributed by atoms with van der Waals surface area (Å²) in [4.78, 5) is 10.5. The lowest BCUT2D eigenvalue weighted by Crippen LogP contribution is -2.11. The second-order valence-electron chi connectivity index (χ2n) is 2.95. The molecule has 0 aliphatic carbocycles. The average molecular weight is 290 g/mol. The van der Waals surface area contributed by atoms with E-state index in [4.69, 9.17) is 9.66 Å². The van der Waals surface area contributed by atoms with Gasteiger partial charge in [-0.1, -0.05) is 24.3 Å². The minimum Gasteiger partial charge on any atom is -0.425 e. The van der Waals surface area contributed by atoms with Crippen LogP contribution in [0.5, 0.6) is 5.75 Å². The smallest absolute Gasteiger partial charge is 0.397 e. The average Bonchev–Trinajstić information content (AvgIpc) is 2.37. The molecule has 19 heavy (non-hydrogen) atoms. The third-order valence-electron chi connectivity index (χ3n) is 1.44. The molecule has 0 saturated heterocycles. The molecule has 0 heterocycles. The molecule has 0 unspecified atom stereocenters. The largest absolute Gasteiger partial charge is 0.425 e. The molecule has 0 amide bonds. The summed E-state index contributed by atoms with van der Waals surface area (Å²) in [6.07, 6.45) is 1.22. The number of ether oxygens (including phenoxy) is 1. The first-order chi connectivity index (χ1) is 8.89. The summed E-state index contributed by atoms with van der Waals surface area (Å²) in [6, 6.07) is 8.61. The molecule has 0 fully saturated rings. The molecule has 7 nitrogen and oxygen atoms in total. The predicted octanol–water partition coefficient (Wildman–Crippen LogP) is 0.576. The van der Waals surface area contributed by atoms with Crippen LogP contribution in [0.15, 0.2) is 43.0 Å². The van der Waals surface area contributed by atoms with Crippen LogP contribution in [0.1, 0.15) is 0 Å². The third-order valence-corrected chi connectivity index (χ3v) is 1.87. The van der Waals surface area contributed by atoms with Crippen LogP contribution in [-0.2, 0) is 19.4 Å². The van der Waals surface area contributed by atoms with Crippen LogP contribution < -0.4 is 4.74 Å². The number of esters is 1. The van der Waals surface area contributed by atoms with Crippen molar-refractivity contribution < 1.29 is 31.8 Å². The lowest BCUT2D eigenvalue weighted by molar-refractivity contribution is -0.137. The lowest BCUT2D eigenvalue weighted by atomic mass is 10.3. The zero-order chi connectivity index (χ0) is 14.7. The van der Waals surface area contributed by atoms with Crippen LogP contribution in [0.2, 0.25) is 0 Å². The summed E-state index contributed by atoms with van der Waals surface area (Å²) in [5.41, 5.74) is 0. The summed E-state index contributed by atoms with van der Waals surface area (Å²) >= 11 is 0. The van der Waals surface area contributed by atoms with E-state index in [2.05, 4.69) is 15.5 Å². The van der Waals surface area contributed by atoms with E-state index in [0.717, 1.165) is 0 Å². The Morgan fingerprint density at radius 2 is 1.89 bits per heavy atom. The molecule has 2 N–H and O–H groups in total. The van der Waals surface area contributed by atoms with E-state index in [9.17, 15) is 13.2 Å². The van der Waals surface area contributed by atoms with Gasteiger partial charge in [0, 0.05) is 0 Å². The molecule has 1 aromatic rings. The number of rotatable bonds is 5. The Morgan fingerprint density at radius 1 is 1.32 bits per heavy atom. The monoisotopic (exact) mass is 290 g/mol. The molecular weight excluding hydrogens is 276 g/mol. The molecule has 0 aliphatic rings. The Balaban J connectivity index is 0.000000362. The first kappa shape index (κ1) is 17.3. The molecule has 106 valence electrons. The first-order valence-electron chi connectivity index (χ1n) is 4.98. The summed E-state index contributed by atoms with van der Waals surface area (Å²) in [6.45, 7) is 2.38. The van der Waals surface area contributed by atoms with E-state index in [-0.39, 0.29) is 6.61 Å². The van der Waals surface area contributed by atoms with Gasteiger partial charge in [0.25, 0.3) is 0 Å². The Labute approximate surface area is 111 Å². The maximum absolute atomic E-state index is 10.5. The van der Waals surface area contributed by atoms with Crippen LogP contribution in [0.4, 0.5) is 0 Å². The summed E-state index contributed by atoms with van der Waals surface area (Å²) in [7, 11) is -4.26. The Morgan fingerprint density at radius 3 is 2.26 bits per heavy atom. The molecule has 1 rings (SSSR count). The molecule has 0 bridgehead atoms. The first-order valence-corrected chi connectivity index (χ1v) is 6.35. The number of aliphatic hydroxyl groups excluding tert-OH is 1. The van der Waals surface area contributed by atoms with Crippen molar-refractivity contribution in [2.45, 2.75) is 0 Å². The van der Waals surface area contributed by atoms with Gasteiger partial charge in [0.2, 0.25) is 0 Å². The number of carbonyl (C=O) groups is 1. The minimum absolute atomic E-state index is 0.196. The van der Waals surface area contributed by atoms with Crippen LogP contribution >= 0.6 is 0 Å². The van der Waals surface area contributed by atoms with Crippen molar-refractivity contribution in [2.75, 3.05) is 13.2 Å². The molecule has 0 radical (unpaired) electrons. The molecule has 8 heteroatoms. The van der Waals surface area contributed by atoms with Crippen molar-refractivity contribution >= 4 is 16.4 Å². The number of aliphatic hydroxyl groups is 1. The zero-order valence-corrected chi connectivity index (χ0v) is 10.7. The molecular formula is C11H14O7S. The molecule has 0 aromatic heterocycles. The predicted molar refractivity (Wildman–Crippen MR) is 66.9 cm³/mol. The lowest BCUT2D eigenvalue weighted by Gasteiger charge is -1.99. The van der Waals surface area contributed by atoms with Gasteiger partial charge in [0.15, 0.2) is 0 Å². The van der Waals surface area contributed by atoms with Crippen LogP contribution in [0.3, 0.4) is 0 Å².